The van der Waals surface area contributed by atoms with Crippen LogP contribution in [0.1, 0.15) is 35.3 Å². The number of hydrogen-bond donors (Lipinski definition) is 2. The molecule has 2 N–H and O–H groups in total. The van der Waals surface area contributed by atoms with Crippen LogP contribution in [0.4, 0.5) is 0 Å². The molecule has 1 amide bonds. The number of carbonyl (C=O) groups excluding carboxylic acids is 1. The van der Waals surface area contributed by atoms with E-state index in [1.165, 1.54) is 18.3 Å². The van der Waals surface area contributed by atoms with Gasteiger partial charge in [0.1, 0.15) is 0 Å². The normalized spacial score (nSPS) is 10.7. The Labute approximate surface area is 129 Å². The minimum absolute atomic E-state index is 0.156. The van der Waals surface area contributed by atoms with Gasteiger partial charge in [-0.15, -0.1) is 0 Å². The Balaban J connectivity index is 2.00. The topological polar surface area (TPSA) is 71.2 Å². The Morgan fingerprint density at radius 2 is 1.91 bits per heavy atom. The average Bonchev–Trinajstić information content (AvgIpc) is 2.52. The molecule has 0 aliphatic rings. The molecule has 0 aliphatic heterocycles. The maximum absolute atomic E-state index is 12.0. The first-order chi connectivity index (χ1) is 10.6. The molecule has 0 spiro atoms. The molecule has 2 rings (SSSR count). The van der Waals surface area contributed by atoms with E-state index in [9.17, 15) is 9.59 Å². The zero-order valence-corrected chi connectivity index (χ0v) is 12.8. The van der Waals surface area contributed by atoms with Gasteiger partial charge in [-0.2, -0.15) is 0 Å². The fraction of sp³-hybridized carbons (Fsp3) is 0.294. The molecule has 1 aromatic carbocycles. The highest BCUT2D eigenvalue weighted by Gasteiger charge is 2.08. The minimum atomic E-state index is -0.229. The van der Waals surface area contributed by atoms with E-state index in [4.69, 9.17) is 4.74 Å². The van der Waals surface area contributed by atoms with Crippen molar-refractivity contribution in [1.82, 2.24) is 10.3 Å². The molecule has 0 fully saturated rings. The van der Waals surface area contributed by atoms with Crippen molar-refractivity contribution in [3.8, 4) is 0 Å². The lowest BCUT2D eigenvalue weighted by atomic mass is 10.1. The third-order valence-electron chi connectivity index (χ3n) is 3.18. The largest absolute Gasteiger partial charge is 0.374 e. The molecule has 116 valence electrons. The van der Waals surface area contributed by atoms with E-state index in [-0.39, 0.29) is 17.6 Å². The number of H-pyrrole nitrogens is 1. The van der Waals surface area contributed by atoms with Gasteiger partial charge in [0.15, 0.2) is 0 Å². The van der Waals surface area contributed by atoms with Crippen LogP contribution in [0.2, 0.25) is 0 Å². The van der Waals surface area contributed by atoms with Crippen LogP contribution in [0.25, 0.3) is 0 Å². The first kappa shape index (κ1) is 16.0. The summed E-state index contributed by atoms with van der Waals surface area (Å²) in [6.45, 7) is 4.90. The van der Waals surface area contributed by atoms with Crippen LogP contribution in [-0.4, -0.2) is 17.0 Å². The SMILES string of the molecule is CC(C)OCc1ccccc1CNC(=O)c1ccc(=O)[nH]c1. The number of carbonyl (C=O) groups is 1. The number of aromatic amines is 1. The van der Waals surface area contributed by atoms with Gasteiger partial charge in [0.05, 0.1) is 18.3 Å². The number of rotatable bonds is 6. The number of nitrogens with one attached hydrogen (secondary N) is 2. The van der Waals surface area contributed by atoms with Crippen molar-refractivity contribution in [2.75, 3.05) is 0 Å². The van der Waals surface area contributed by atoms with Gasteiger partial charge in [-0.1, -0.05) is 24.3 Å². The van der Waals surface area contributed by atoms with Crippen LogP contribution in [0.5, 0.6) is 0 Å². The second-order valence-electron chi connectivity index (χ2n) is 5.25. The van der Waals surface area contributed by atoms with E-state index >= 15 is 0 Å². The summed E-state index contributed by atoms with van der Waals surface area (Å²) in [5.74, 6) is -0.226. The summed E-state index contributed by atoms with van der Waals surface area (Å²) in [6.07, 6.45) is 1.56. The van der Waals surface area contributed by atoms with E-state index in [2.05, 4.69) is 10.3 Å². The lowest BCUT2D eigenvalue weighted by Crippen LogP contribution is -2.24. The molecule has 1 heterocycles. The molecular weight excluding hydrogens is 280 g/mol. The highest BCUT2D eigenvalue weighted by molar-refractivity contribution is 5.93. The molecule has 0 saturated heterocycles. The van der Waals surface area contributed by atoms with E-state index in [0.29, 0.717) is 18.7 Å². The second kappa shape index (κ2) is 7.56. The van der Waals surface area contributed by atoms with E-state index in [1.54, 1.807) is 0 Å². The summed E-state index contributed by atoms with van der Waals surface area (Å²) in [6, 6.07) is 10.7. The van der Waals surface area contributed by atoms with Gasteiger partial charge in [-0.25, -0.2) is 0 Å². The van der Waals surface area contributed by atoms with Gasteiger partial charge in [-0.3, -0.25) is 9.59 Å². The molecule has 22 heavy (non-hydrogen) atoms. The molecule has 0 bridgehead atoms. The van der Waals surface area contributed by atoms with Crippen LogP contribution < -0.4 is 10.9 Å². The van der Waals surface area contributed by atoms with Crippen molar-refractivity contribution < 1.29 is 9.53 Å². The molecule has 0 saturated carbocycles. The van der Waals surface area contributed by atoms with Gasteiger partial charge in [0, 0.05) is 18.8 Å². The molecule has 0 radical (unpaired) electrons. The maximum Gasteiger partial charge on any atom is 0.253 e. The predicted molar refractivity (Wildman–Crippen MR) is 84.6 cm³/mol. The number of amides is 1. The van der Waals surface area contributed by atoms with Gasteiger partial charge < -0.3 is 15.0 Å². The van der Waals surface area contributed by atoms with Gasteiger partial charge >= 0.3 is 0 Å². The number of hydrogen-bond acceptors (Lipinski definition) is 3. The average molecular weight is 300 g/mol. The summed E-state index contributed by atoms with van der Waals surface area (Å²) in [4.78, 5) is 25.5. The van der Waals surface area contributed by atoms with Gasteiger partial charge in [0.25, 0.3) is 5.91 Å². The molecule has 0 unspecified atom stereocenters. The quantitative estimate of drug-likeness (QED) is 0.859. The fourth-order valence-corrected chi connectivity index (χ4v) is 1.96. The molecule has 0 aliphatic carbocycles. The second-order valence-corrected chi connectivity index (χ2v) is 5.25. The number of benzene rings is 1. The van der Waals surface area contributed by atoms with Gasteiger partial charge in [-0.05, 0) is 31.0 Å². The Morgan fingerprint density at radius 1 is 1.18 bits per heavy atom. The summed E-state index contributed by atoms with van der Waals surface area (Å²) >= 11 is 0. The molecule has 2 aromatic rings. The van der Waals surface area contributed by atoms with Crippen LogP contribution in [-0.2, 0) is 17.9 Å². The smallest absolute Gasteiger partial charge is 0.253 e. The van der Waals surface area contributed by atoms with Crippen LogP contribution >= 0.6 is 0 Å². The fourth-order valence-electron chi connectivity index (χ4n) is 1.96. The summed E-state index contributed by atoms with van der Waals surface area (Å²) in [7, 11) is 0. The summed E-state index contributed by atoms with van der Waals surface area (Å²) in [5.41, 5.74) is 2.27. The van der Waals surface area contributed by atoms with Crippen LogP contribution in [0, 0.1) is 0 Å². The van der Waals surface area contributed by atoms with Crippen molar-refractivity contribution in [2.24, 2.45) is 0 Å². The first-order valence-electron chi connectivity index (χ1n) is 7.21. The molecular formula is C17H20N2O3. The van der Waals surface area contributed by atoms with E-state index in [0.717, 1.165) is 11.1 Å². The van der Waals surface area contributed by atoms with Crippen molar-refractivity contribution in [2.45, 2.75) is 33.1 Å². The van der Waals surface area contributed by atoms with Crippen molar-refractivity contribution in [3.63, 3.8) is 0 Å². The molecule has 1 aromatic heterocycles. The third kappa shape index (κ3) is 4.56. The Hall–Kier alpha value is -2.40. The predicted octanol–water partition coefficient (Wildman–Crippen LogP) is 2.23. The Morgan fingerprint density at radius 3 is 2.55 bits per heavy atom. The lowest BCUT2D eigenvalue weighted by molar-refractivity contribution is 0.0651. The number of pyridine rings is 1. The number of aromatic nitrogens is 1. The molecule has 5 nitrogen and oxygen atoms in total. The lowest BCUT2D eigenvalue weighted by Gasteiger charge is -2.13. The van der Waals surface area contributed by atoms with Crippen molar-refractivity contribution >= 4 is 5.91 Å². The monoisotopic (exact) mass is 300 g/mol. The highest BCUT2D eigenvalue weighted by Crippen LogP contribution is 2.11. The minimum Gasteiger partial charge on any atom is -0.374 e. The first-order valence-corrected chi connectivity index (χ1v) is 7.21. The highest BCUT2D eigenvalue weighted by atomic mass is 16.5. The molecule has 0 atom stereocenters. The zero-order valence-electron chi connectivity index (χ0n) is 12.8. The van der Waals surface area contributed by atoms with Crippen molar-refractivity contribution in [3.05, 3.63) is 69.6 Å². The third-order valence-corrected chi connectivity index (χ3v) is 3.18. The maximum atomic E-state index is 12.0. The number of ether oxygens (including phenoxy) is 1. The van der Waals surface area contributed by atoms with E-state index < -0.39 is 0 Å². The Bertz CT molecular complexity index is 672. The van der Waals surface area contributed by atoms with E-state index in [1.807, 2.05) is 38.1 Å². The zero-order chi connectivity index (χ0) is 15.9. The van der Waals surface area contributed by atoms with Crippen molar-refractivity contribution in [1.29, 1.82) is 0 Å². The van der Waals surface area contributed by atoms with Crippen LogP contribution in [0.15, 0.2) is 47.4 Å². The van der Waals surface area contributed by atoms with Gasteiger partial charge in [0.2, 0.25) is 5.56 Å². The standard InChI is InChI=1S/C17H20N2O3/c1-12(2)22-11-15-6-4-3-5-13(15)9-19-17(21)14-7-8-16(20)18-10-14/h3-8,10,12H,9,11H2,1-2H3,(H,18,20)(H,19,21). The summed E-state index contributed by atoms with van der Waals surface area (Å²) in [5, 5.41) is 2.85. The Kier molecular flexibility index (Phi) is 5.49. The molecule has 5 heteroatoms. The van der Waals surface area contributed by atoms with Crippen LogP contribution in [0.3, 0.4) is 0 Å². The summed E-state index contributed by atoms with van der Waals surface area (Å²) < 4.78 is 5.62.